The molecule has 0 aromatic heterocycles. The fourth-order valence-electron chi connectivity index (χ4n) is 1.32. The molecule has 0 atom stereocenters. The first-order valence-electron chi connectivity index (χ1n) is 5.25. The Morgan fingerprint density at radius 1 is 1.33 bits per heavy atom. The number of benzene rings is 1. The van der Waals surface area contributed by atoms with Gasteiger partial charge in [0.1, 0.15) is 11.6 Å². The molecule has 1 aromatic carbocycles. The maximum atomic E-state index is 12.9. The Morgan fingerprint density at radius 2 is 2.00 bits per heavy atom. The minimum Gasteiger partial charge on any atom is -0.492 e. The predicted molar refractivity (Wildman–Crippen MR) is 63.7 cm³/mol. The van der Waals surface area contributed by atoms with Gasteiger partial charge in [-0.1, -0.05) is 26.7 Å². The van der Waals surface area contributed by atoms with Gasteiger partial charge in [0.25, 0.3) is 0 Å². The van der Waals surface area contributed by atoms with Crippen LogP contribution in [0.1, 0.15) is 26.7 Å². The molecule has 0 amide bonds. The van der Waals surface area contributed by atoms with Crippen LogP contribution >= 0.6 is 15.9 Å². The van der Waals surface area contributed by atoms with Crippen LogP contribution in [0.5, 0.6) is 5.75 Å². The van der Waals surface area contributed by atoms with Crippen LogP contribution in [0, 0.1) is 11.7 Å². The minimum atomic E-state index is -0.266. The summed E-state index contributed by atoms with van der Waals surface area (Å²) < 4.78 is 19.3. The van der Waals surface area contributed by atoms with Crippen LogP contribution in [-0.2, 0) is 0 Å². The van der Waals surface area contributed by atoms with Crippen LogP contribution < -0.4 is 4.74 Å². The molecule has 0 N–H and O–H groups in total. The first kappa shape index (κ1) is 12.5. The summed E-state index contributed by atoms with van der Waals surface area (Å²) in [5.41, 5.74) is 0. The Balaban J connectivity index is 2.60. The van der Waals surface area contributed by atoms with Gasteiger partial charge in [-0.25, -0.2) is 4.39 Å². The van der Waals surface area contributed by atoms with Gasteiger partial charge >= 0.3 is 0 Å². The van der Waals surface area contributed by atoms with E-state index in [1.54, 1.807) is 6.07 Å². The van der Waals surface area contributed by atoms with Gasteiger partial charge in [0.05, 0.1) is 11.1 Å². The molecule has 15 heavy (non-hydrogen) atoms. The highest BCUT2D eigenvalue weighted by atomic mass is 79.9. The summed E-state index contributed by atoms with van der Waals surface area (Å²) in [6, 6.07) is 4.48. The molecule has 0 aliphatic heterocycles. The summed E-state index contributed by atoms with van der Waals surface area (Å²) in [6.45, 7) is 4.92. The van der Waals surface area contributed by atoms with E-state index >= 15 is 0 Å². The van der Waals surface area contributed by atoms with Gasteiger partial charge in [0, 0.05) is 6.07 Å². The summed E-state index contributed by atoms with van der Waals surface area (Å²) in [5.74, 6) is 0.861. The summed E-state index contributed by atoms with van der Waals surface area (Å²) in [4.78, 5) is 0. The van der Waals surface area contributed by atoms with Crippen molar-refractivity contribution in [2.45, 2.75) is 26.7 Å². The third-order valence-electron chi connectivity index (χ3n) is 2.52. The lowest BCUT2D eigenvalue weighted by atomic mass is 10.1. The second-order valence-corrected chi connectivity index (χ2v) is 4.42. The number of ether oxygens (including phenoxy) is 1. The van der Waals surface area contributed by atoms with Gasteiger partial charge in [-0.05, 0) is 34.0 Å². The average molecular weight is 275 g/mol. The number of hydrogen-bond donors (Lipinski definition) is 0. The van der Waals surface area contributed by atoms with Gasteiger partial charge in [0.2, 0.25) is 0 Å². The van der Waals surface area contributed by atoms with Crippen molar-refractivity contribution >= 4 is 15.9 Å². The lowest BCUT2D eigenvalue weighted by Gasteiger charge is -2.14. The second kappa shape index (κ2) is 6.11. The fourth-order valence-corrected chi connectivity index (χ4v) is 1.68. The van der Waals surface area contributed by atoms with E-state index in [4.69, 9.17) is 4.74 Å². The van der Waals surface area contributed by atoms with Crippen LogP contribution in [0.2, 0.25) is 0 Å². The number of halogens is 2. The lowest BCUT2D eigenvalue weighted by molar-refractivity contribution is 0.238. The van der Waals surface area contributed by atoms with Crippen molar-refractivity contribution in [3.8, 4) is 5.75 Å². The third-order valence-corrected chi connectivity index (χ3v) is 3.18. The maximum Gasteiger partial charge on any atom is 0.136 e. The topological polar surface area (TPSA) is 9.23 Å². The second-order valence-electron chi connectivity index (χ2n) is 3.57. The molecule has 1 nitrogen and oxygen atoms in total. The average Bonchev–Trinajstić information content (AvgIpc) is 2.24. The molecule has 1 rings (SSSR count). The zero-order chi connectivity index (χ0) is 11.3. The molecule has 0 aliphatic carbocycles. The predicted octanol–water partition coefficient (Wildman–Crippen LogP) is 4.40. The van der Waals surface area contributed by atoms with E-state index in [0.29, 0.717) is 18.3 Å². The van der Waals surface area contributed by atoms with Gasteiger partial charge < -0.3 is 4.74 Å². The first-order chi connectivity index (χ1) is 7.17. The van der Waals surface area contributed by atoms with E-state index in [2.05, 4.69) is 29.8 Å². The van der Waals surface area contributed by atoms with Gasteiger partial charge in [-0.2, -0.15) is 0 Å². The number of hydrogen-bond acceptors (Lipinski definition) is 1. The normalized spacial score (nSPS) is 10.7. The highest BCUT2D eigenvalue weighted by Crippen LogP contribution is 2.26. The summed E-state index contributed by atoms with van der Waals surface area (Å²) in [6.07, 6.45) is 2.17. The molecule has 0 saturated heterocycles. The molecule has 0 saturated carbocycles. The van der Waals surface area contributed by atoms with Crippen molar-refractivity contribution in [1.29, 1.82) is 0 Å². The van der Waals surface area contributed by atoms with Crippen molar-refractivity contribution < 1.29 is 9.13 Å². The van der Waals surface area contributed by atoms with Crippen LogP contribution in [0.15, 0.2) is 22.7 Å². The molecule has 0 spiro atoms. The van der Waals surface area contributed by atoms with E-state index in [9.17, 15) is 4.39 Å². The van der Waals surface area contributed by atoms with Gasteiger partial charge in [-0.15, -0.1) is 0 Å². The molecular formula is C12H16BrFO. The van der Waals surface area contributed by atoms with Crippen molar-refractivity contribution in [3.63, 3.8) is 0 Å². The zero-order valence-corrected chi connectivity index (χ0v) is 10.7. The van der Waals surface area contributed by atoms with E-state index in [1.807, 2.05) is 0 Å². The molecule has 3 heteroatoms. The molecule has 0 fully saturated rings. The van der Waals surface area contributed by atoms with Crippen molar-refractivity contribution in [1.82, 2.24) is 0 Å². The smallest absolute Gasteiger partial charge is 0.136 e. The minimum absolute atomic E-state index is 0.266. The van der Waals surface area contributed by atoms with Crippen LogP contribution in [0.25, 0.3) is 0 Å². The Morgan fingerprint density at radius 3 is 2.60 bits per heavy atom. The monoisotopic (exact) mass is 274 g/mol. The Kier molecular flexibility index (Phi) is 5.09. The highest BCUT2D eigenvalue weighted by Gasteiger charge is 2.07. The Bertz CT molecular complexity index is 310. The Hall–Kier alpha value is -0.570. The van der Waals surface area contributed by atoms with Crippen LogP contribution in [0.4, 0.5) is 4.39 Å². The molecule has 0 bridgehead atoms. The van der Waals surface area contributed by atoms with E-state index in [1.165, 1.54) is 12.1 Å². The highest BCUT2D eigenvalue weighted by molar-refractivity contribution is 9.10. The van der Waals surface area contributed by atoms with E-state index in [-0.39, 0.29) is 5.82 Å². The molecule has 0 radical (unpaired) electrons. The van der Waals surface area contributed by atoms with Crippen LogP contribution in [0.3, 0.4) is 0 Å². The Labute approximate surface area is 98.8 Å². The molecule has 0 aliphatic rings. The molecule has 0 unspecified atom stereocenters. The fraction of sp³-hybridized carbons (Fsp3) is 0.500. The molecular weight excluding hydrogens is 259 g/mol. The zero-order valence-electron chi connectivity index (χ0n) is 9.09. The first-order valence-corrected chi connectivity index (χ1v) is 6.04. The van der Waals surface area contributed by atoms with Gasteiger partial charge in [0.15, 0.2) is 0 Å². The van der Waals surface area contributed by atoms with Crippen molar-refractivity contribution in [2.75, 3.05) is 6.61 Å². The maximum absolute atomic E-state index is 12.9. The summed E-state index contributed by atoms with van der Waals surface area (Å²) >= 11 is 3.33. The van der Waals surface area contributed by atoms with E-state index in [0.717, 1.165) is 17.3 Å². The van der Waals surface area contributed by atoms with Gasteiger partial charge in [-0.3, -0.25) is 0 Å². The third kappa shape index (κ3) is 3.82. The summed E-state index contributed by atoms with van der Waals surface area (Å²) in [5, 5.41) is 0. The quantitative estimate of drug-likeness (QED) is 0.773. The molecule has 1 aromatic rings. The standard InChI is InChI=1S/C12H16BrFO/c1-3-9(4-2)8-15-12-7-10(14)5-6-11(12)13/h5-7,9H,3-4,8H2,1-2H3. The largest absolute Gasteiger partial charge is 0.492 e. The van der Waals surface area contributed by atoms with Crippen LogP contribution in [-0.4, -0.2) is 6.61 Å². The SMILES string of the molecule is CCC(CC)COc1cc(F)ccc1Br. The summed E-state index contributed by atoms with van der Waals surface area (Å²) in [7, 11) is 0. The van der Waals surface area contributed by atoms with Crippen molar-refractivity contribution in [2.24, 2.45) is 5.92 Å². The van der Waals surface area contributed by atoms with Crippen molar-refractivity contribution in [3.05, 3.63) is 28.5 Å². The molecule has 0 heterocycles. The lowest BCUT2D eigenvalue weighted by Crippen LogP contribution is -2.10. The van der Waals surface area contributed by atoms with E-state index < -0.39 is 0 Å². The molecule has 84 valence electrons. The number of rotatable bonds is 5.